The van der Waals surface area contributed by atoms with E-state index in [1.54, 1.807) is 0 Å². The molecule has 2 N–H and O–H groups in total. The normalized spacial score (nSPS) is 15.8. The van der Waals surface area contributed by atoms with Gasteiger partial charge in [0.05, 0.1) is 16.9 Å². The number of nitrogens with zero attached hydrogens (tertiary/aromatic N) is 1. The molecule has 0 unspecified atom stereocenters. The first-order valence-corrected chi connectivity index (χ1v) is 9.61. The molecule has 1 aromatic heterocycles. The van der Waals surface area contributed by atoms with Crippen molar-refractivity contribution in [2.45, 2.75) is 40.0 Å². The van der Waals surface area contributed by atoms with Crippen LogP contribution < -0.4 is 16.1 Å². The first-order valence-electron chi connectivity index (χ1n) is 9.61. The van der Waals surface area contributed by atoms with Gasteiger partial charge in [-0.25, -0.2) is 4.79 Å². The van der Waals surface area contributed by atoms with E-state index in [-0.39, 0.29) is 11.5 Å². The molecule has 3 aromatic rings. The highest BCUT2D eigenvalue weighted by Crippen LogP contribution is 2.45. The Balaban J connectivity index is 2.09. The van der Waals surface area contributed by atoms with E-state index >= 15 is 0 Å². The summed E-state index contributed by atoms with van der Waals surface area (Å²) in [4.78, 5) is 13.1. The quantitative estimate of drug-likeness (QED) is 0.655. The molecule has 0 saturated carbocycles. The first-order chi connectivity index (χ1) is 13.9. The molecule has 0 saturated heterocycles. The SMILES string of the molecule is CCc1ccc([C@H]2C(C#N)=C(N)Oc3c2c(=O)oc2c(C)c(C)cc(C)c32)cc1. The third-order valence-electron chi connectivity index (χ3n) is 5.77. The Hall–Kier alpha value is -3.52. The van der Waals surface area contributed by atoms with Crippen LogP contribution in [0.15, 0.2) is 51.0 Å². The molecule has 0 radical (unpaired) electrons. The predicted octanol–water partition coefficient (Wildman–Crippen LogP) is 4.50. The van der Waals surface area contributed by atoms with E-state index < -0.39 is 11.5 Å². The highest BCUT2D eigenvalue weighted by Gasteiger charge is 2.36. The minimum atomic E-state index is -0.628. The standard InChI is InChI=1S/C24H22N2O3/c1-5-15-6-8-16(9-7-15)19-17(11-25)23(26)28-22-18-13(3)10-12(2)14(4)21(18)29-24(27)20(19)22/h6-10,19H,5,26H2,1-4H3/t19-/m0/s1. The van der Waals surface area contributed by atoms with Gasteiger partial charge in [0.15, 0.2) is 5.75 Å². The van der Waals surface area contributed by atoms with Crippen LogP contribution in [-0.4, -0.2) is 0 Å². The van der Waals surface area contributed by atoms with Gasteiger partial charge in [-0.1, -0.05) is 37.3 Å². The summed E-state index contributed by atoms with van der Waals surface area (Å²) in [6.45, 7) is 7.91. The zero-order valence-electron chi connectivity index (χ0n) is 16.9. The summed E-state index contributed by atoms with van der Waals surface area (Å²) in [6, 6.07) is 12.0. The lowest BCUT2D eigenvalue weighted by molar-refractivity contribution is 0.388. The Labute approximate surface area is 169 Å². The van der Waals surface area contributed by atoms with Gasteiger partial charge in [0.2, 0.25) is 5.88 Å². The smallest absolute Gasteiger partial charge is 0.344 e. The van der Waals surface area contributed by atoms with Gasteiger partial charge in [0.25, 0.3) is 0 Å². The number of aryl methyl sites for hydroxylation is 4. The van der Waals surface area contributed by atoms with Crippen LogP contribution in [0.1, 0.15) is 46.2 Å². The molecular weight excluding hydrogens is 364 g/mol. The fraction of sp³-hybridized carbons (Fsp3) is 0.250. The summed E-state index contributed by atoms with van der Waals surface area (Å²) in [5.41, 5.74) is 11.5. The van der Waals surface area contributed by atoms with E-state index in [1.807, 2.05) is 51.1 Å². The second kappa shape index (κ2) is 6.82. The summed E-state index contributed by atoms with van der Waals surface area (Å²) in [5, 5.41) is 10.5. The van der Waals surface area contributed by atoms with Crippen molar-refractivity contribution in [3.8, 4) is 11.8 Å². The molecule has 4 rings (SSSR count). The van der Waals surface area contributed by atoms with Crippen LogP contribution in [0, 0.1) is 32.1 Å². The highest BCUT2D eigenvalue weighted by molar-refractivity contribution is 5.91. The number of ether oxygens (including phenoxy) is 1. The summed E-state index contributed by atoms with van der Waals surface area (Å²) in [6.07, 6.45) is 0.901. The Morgan fingerprint density at radius 2 is 1.83 bits per heavy atom. The summed E-state index contributed by atoms with van der Waals surface area (Å²) in [7, 11) is 0. The number of nitriles is 1. The molecule has 0 fully saturated rings. The first kappa shape index (κ1) is 18.8. The molecule has 1 aliphatic rings. The molecule has 0 bridgehead atoms. The van der Waals surface area contributed by atoms with Gasteiger partial charge in [0.1, 0.15) is 17.2 Å². The predicted molar refractivity (Wildman–Crippen MR) is 112 cm³/mol. The van der Waals surface area contributed by atoms with Gasteiger partial charge >= 0.3 is 5.63 Å². The molecule has 5 heteroatoms. The average Bonchev–Trinajstić information content (AvgIpc) is 2.71. The topological polar surface area (TPSA) is 89.3 Å². The van der Waals surface area contributed by atoms with E-state index in [0.717, 1.165) is 34.1 Å². The number of hydrogen-bond donors (Lipinski definition) is 1. The summed E-state index contributed by atoms with van der Waals surface area (Å²) in [5.74, 6) is -0.219. The number of benzene rings is 2. The van der Waals surface area contributed by atoms with E-state index in [9.17, 15) is 10.1 Å². The Morgan fingerprint density at radius 3 is 2.45 bits per heavy atom. The van der Waals surface area contributed by atoms with Crippen LogP contribution in [-0.2, 0) is 6.42 Å². The zero-order valence-corrected chi connectivity index (χ0v) is 16.9. The molecular formula is C24H22N2O3. The lowest BCUT2D eigenvalue weighted by Crippen LogP contribution is -2.26. The van der Waals surface area contributed by atoms with Crippen LogP contribution in [0.25, 0.3) is 11.0 Å². The average molecular weight is 386 g/mol. The number of rotatable bonds is 2. The fourth-order valence-electron chi connectivity index (χ4n) is 4.04. The molecule has 2 heterocycles. The molecule has 2 aromatic carbocycles. The van der Waals surface area contributed by atoms with E-state index in [1.165, 1.54) is 5.56 Å². The van der Waals surface area contributed by atoms with E-state index in [2.05, 4.69) is 13.0 Å². The lowest BCUT2D eigenvalue weighted by Gasteiger charge is -2.27. The minimum absolute atomic E-state index is 0.0223. The molecule has 5 nitrogen and oxygen atoms in total. The molecule has 0 aliphatic carbocycles. The largest absolute Gasteiger partial charge is 0.439 e. The van der Waals surface area contributed by atoms with E-state index in [4.69, 9.17) is 14.9 Å². The summed E-state index contributed by atoms with van der Waals surface area (Å²) < 4.78 is 11.6. The second-order valence-electron chi connectivity index (χ2n) is 7.49. The van der Waals surface area contributed by atoms with E-state index in [0.29, 0.717) is 16.9 Å². The number of allylic oxidation sites excluding steroid dienone is 1. The third-order valence-corrected chi connectivity index (χ3v) is 5.77. The second-order valence-corrected chi connectivity index (χ2v) is 7.49. The summed E-state index contributed by atoms with van der Waals surface area (Å²) >= 11 is 0. The monoisotopic (exact) mass is 386 g/mol. The van der Waals surface area contributed by atoms with Gasteiger partial charge in [-0.15, -0.1) is 0 Å². The van der Waals surface area contributed by atoms with Crippen molar-refractivity contribution in [1.82, 2.24) is 0 Å². The van der Waals surface area contributed by atoms with Crippen molar-refractivity contribution < 1.29 is 9.15 Å². The van der Waals surface area contributed by atoms with Crippen molar-refractivity contribution in [3.63, 3.8) is 0 Å². The van der Waals surface area contributed by atoms with Crippen molar-refractivity contribution >= 4 is 11.0 Å². The van der Waals surface area contributed by atoms with Crippen molar-refractivity contribution in [3.05, 3.63) is 85.6 Å². The third kappa shape index (κ3) is 2.80. The van der Waals surface area contributed by atoms with Crippen LogP contribution in [0.3, 0.4) is 0 Å². The minimum Gasteiger partial charge on any atom is -0.439 e. The molecule has 1 atom stereocenters. The number of fused-ring (bicyclic) bond motifs is 3. The molecule has 0 amide bonds. The zero-order chi connectivity index (χ0) is 20.9. The molecule has 29 heavy (non-hydrogen) atoms. The van der Waals surface area contributed by atoms with Crippen LogP contribution in [0.5, 0.6) is 5.75 Å². The highest BCUT2D eigenvalue weighted by atomic mass is 16.5. The van der Waals surface area contributed by atoms with Gasteiger partial charge in [0, 0.05) is 0 Å². The Bertz CT molecular complexity index is 1270. The van der Waals surface area contributed by atoms with Gasteiger partial charge < -0.3 is 14.9 Å². The van der Waals surface area contributed by atoms with Crippen LogP contribution >= 0.6 is 0 Å². The Morgan fingerprint density at radius 1 is 1.14 bits per heavy atom. The van der Waals surface area contributed by atoms with Gasteiger partial charge in [-0.05, 0) is 55.0 Å². The maximum absolute atomic E-state index is 13.1. The van der Waals surface area contributed by atoms with Crippen molar-refractivity contribution in [1.29, 1.82) is 5.26 Å². The number of hydrogen-bond acceptors (Lipinski definition) is 5. The van der Waals surface area contributed by atoms with Crippen LogP contribution in [0.2, 0.25) is 0 Å². The maximum Gasteiger partial charge on any atom is 0.344 e. The molecule has 146 valence electrons. The van der Waals surface area contributed by atoms with Crippen molar-refractivity contribution in [2.24, 2.45) is 5.73 Å². The number of nitrogens with two attached hydrogens (primary N) is 1. The lowest BCUT2D eigenvalue weighted by atomic mass is 9.83. The molecule has 1 aliphatic heterocycles. The Kier molecular flexibility index (Phi) is 4.43. The van der Waals surface area contributed by atoms with Gasteiger partial charge in [-0.2, -0.15) is 5.26 Å². The maximum atomic E-state index is 13.1. The van der Waals surface area contributed by atoms with Gasteiger partial charge in [-0.3, -0.25) is 0 Å². The fourth-order valence-corrected chi connectivity index (χ4v) is 4.04. The van der Waals surface area contributed by atoms with Crippen molar-refractivity contribution in [2.75, 3.05) is 0 Å². The molecule has 0 spiro atoms. The van der Waals surface area contributed by atoms with Crippen LogP contribution in [0.4, 0.5) is 0 Å².